The minimum absolute atomic E-state index is 0.112. The Hall–Kier alpha value is -1.52. The van der Waals surface area contributed by atoms with Crippen molar-refractivity contribution in [3.8, 4) is 0 Å². The van der Waals surface area contributed by atoms with E-state index < -0.39 is 0 Å². The Balaban J connectivity index is 2.23. The molecule has 0 saturated carbocycles. The van der Waals surface area contributed by atoms with Gasteiger partial charge in [-0.05, 0) is 0 Å². The molecule has 2 amide bonds. The normalized spacial score (nSPS) is 17.1. The number of aromatic nitrogens is 1. The van der Waals surface area contributed by atoms with Crippen LogP contribution < -0.4 is 10.2 Å². The summed E-state index contributed by atoms with van der Waals surface area (Å²) in [6.45, 7) is 1.33. The molecule has 0 atom stereocenters. The number of carbonyl (C=O) groups is 1. The quantitative estimate of drug-likeness (QED) is 0.627. The summed E-state index contributed by atoms with van der Waals surface area (Å²) in [5.41, 5.74) is 0. The average molecular weight is 153 g/mol. The first-order valence-electron chi connectivity index (χ1n) is 3.34. The van der Waals surface area contributed by atoms with E-state index in [1.54, 1.807) is 6.07 Å². The second-order valence-electron chi connectivity index (χ2n) is 2.24. The molecule has 1 N–H and O–H groups in total. The molecule has 0 bridgehead atoms. The fourth-order valence-electron chi connectivity index (χ4n) is 1.04. The van der Waals surface area contributed by atoms with Gasteiger partial charge in [-0.15, -0.1) is 0 Å². The number of rotatable bonds is 1. The maximum absolute atomic E-state index is 11.0. The molecule has 1 aromatic rings. The van der Waals surface area contributed by atoms with E-state index in [1.807, 2.05) is 0 Å². The van der Waals surface area contributed by atoms with Gasteiger partial charge < -0.3 is 9.84 Å². The van der Waals surface area contributed by atoms with Crippen LogP contribution in [-0.2, 0) is 0 Å². The first-order valence-corrected chi connectivity index (χ1v) is 3.34. The van der Waals surface area contributed by atoms with Gasteiger partial charge >= 0.3 is 6.03 Å². The smallest absolute Gasteiger partial charge is 0.323 e. The first-order chi connectivity index (χ1) is 5.38. The Labute approximate surface area is 63.0 Å². The van der Waals surface area contributed by atoms with Crippen molar-refractivity contribution >= 4 is 11.8 Å². The molecule has 1 aliphatic rings. The van der Waals surface area contributed by atoms with Gasteiger partial charge in [-0.1, -0.05) is 5.16 Å². The molecule has 5 nitrogen and oxygen atoms in total. The summed E-state index contributed by atoms with van der Waals surface area (Å²) < 4.78 is 4.60. The van der Waals surface area contributed by atoms with Gasteiger partial charge in [-0.2, -0.15) is 0 Å². The van der Waals surface area contributed by atoms with Crippen LogP contribution >= 0.6 is 0 Å². The van der Waals surface area contributed by atoms with E-state index in [-0.39, 0.29) is 6.03 Å². The highest BCUT2D eigenvalue weighted by molar-refractivity contribution is 5.92. The SMILES string of the molecule is O=C1NCCN1c1ccon1. The van der Waals surface area contributed by atoms with Crippen LogP contribution in [0.5, 0.6) is 0 Å². The standard InChI is InChI=1S/C6H7N3O2/c10-6-7-2-3-9(6)5-1-4-11-8-5/h1,4H,2-3H2,(H,7,10). The van der Waals surface area contributed by atoms with E-state index in [0.717, 1.165) is 0 Å². The summed E-state index contributed by atoms with van der Waals surface area (Å²) in [5.74, 6) is 0.569. The number of nitrogens with zero attached hydrogens (tertiary/aromatic N) is 2. The van der Waals surface area contributed by atoms with Crippen LogP contribution in [0, 0.1) is 0 Å². The van der Waals surface area contributed by atoms with E-state index >= 15 is 0 Å². The van der Waals surface area contributed by atoms with E-state index in [4.69, 9.17) is 0 Å². The predicted octanol–water partition coefficient (Wildman–Crippen LogP) is 0.204. The number of anilines is 1. The molecule has 0 radical (unpaired) electrons. The highest BCUT2D eigenvalue weighted by atomic mass is 16.5. The van der Waals surface area contributed by atoms with Crippen molar-refractivity contribution in [3.63, 3.8) is 0 Å². The maximum Gasteiger partial charge on any atom is 0.323 e. The fourth-order valence-corrected chi connectivity index (χ4v) is 1.04. The molecule has 1 fully saturated rings. The highest BCUT2D eigenvalue weighted by Crippen LogP contribution is 2.11. The summed E-state index contributed by atoms with van der Waals surface area (Å²) in [5, 5.41) is 6.30. The van der Waals surface area contributed by atoms with Crippen LogP contribution in [0.1, 0.15) is 0 Å². The zero-order valence-corrected chi connectivity index (χ0v) is 5.78. The summed E-state index contributed by atoms with van der Waals surface area (Å²) >= 11 is 0. The van der Waals surface area contributed by atoms with Gasteiger partial charge in [0.15, 0.2) is 5.82 Å². The highest BCUT2D eigenvalue weighted by Gasteiger charge is 2.22. The first kappa shape index (κ1) is 6.21. The Morgan fingerprint density at radius 1 is 1.73 bits per heavy atom. The number of carbonyl (C=O) groups excluding carboxylic acids is 1. The van der Waals surface area contributed by atoms with Crippen LogP contribution in [0.3, 0.4) is 0 Å². The van der Waals surface area contributed by atoms with Gasteiger partial charge in [0, 0.05) is 19.2 Å². The Morgan fingerprint density at radius 3 is 3.18 bits per heavy atom. The lowest BCUT2D eigenvalue weighted by Crippen LogP contribution is -2.27. The lowest BCUT2D eigenvalue weighted by atomic mass is 10.5. The van der Waals surface area contributed by atoms with Crippen LogP contribution in [0.15, 0.2) is 16.9 Å². The third-order valence-electron chi connectivity index (χ3n) is 1.56. The molecule has 1 aromatic heterocycles. The third kappa shape index (κ3) is 0.938. The van der Waals surface area contributed by atoms with Gasteiger partial charge in [0.25, 0.3) is 0 Å². The number of nitrogens with one attached hydrogen (secondary N) is 1. The van der Waals surface area contributed by atoms with Gasteiger partial charge in [0.05, 0.1) is 0 Å². The monoisotopic (exact) mass is 153 g/mol. The van der Waals surface area contributed by atoms with E-state index in [0.29, 0.717) is 18.9 Å². The van der Waals surface area contributed by atoms with E-state index in [1.165, 1.54) is 11.2 Å². The zero-order chi connectivity index (χ0) is 7.68. The minimum atomic E-state index is -0.112. The third-order valence-corrected chi connectivity index (χ3v) is 1.56. The topological polar surface area (TPSA) is 58.4 Å². The van der Waals surface area contributed by atoms with Crippen molar-refractivity contribution in [1.29, 1.82) is 0 Å². The van der Waals surface area contributed by atoms with Crippen molar-refractivity contribution in [1.82, 2.24) is 10.5 Å². The van der Waals surface area contributed by atoms with E-state index in [9.17, 15) is 4.79 Å². The predicted molar refractivity (Wildman–Crippen MR) is 37.2 cm³/mol. The summed E-state index contributed by atoms with van der Waals surface area (Å²) in [6.07, 6.45) is 1.45. The number of amides is 2. The lowest BCUT2D eigenvalue weighted by molar-refractivity contribution is 0.251. The molecule has 5 heteroatoms. The molecule has 1 saturated heterocycles. The Morgan fingerprint density at radius 2 is 2.64 bits per heavy atom. The van der Waals surface area contributed by atoms with Crippen molar-refractivity contribution < 1.29 is 9.32 Å². The summed E-state index contributed by atoms with van der Waals surface area (Å²) in [6, 6.07) is 1.55. The number of hydrogen-bond acceptors (Lipinski definition) is 3. The largest absolute Gasteiger partial charge is 0.363 e. The van der Waals surface area contributed by atoms with Gasteiger partial charge in [-0.25, -0.2) is 4.79 Å². The van der Waals surface area contributed by atoms with Crippen molar-refractivity contribution in [3.05, 3.63) is 12.3 Å². The van der Waals surface area contributed by atoms with E-state index in [2.05, 4.69) is 15.0 Å². The molecule has 0 unspecified atom stereocenters. The molecule has 2 rings (SSSR count). The molecular weight excluding hydrogens is 146 g/mol. The van der Waals surface area contributed by atoms with Crippen molar-refractivity contribution in [2.45, 2.75) is 0 Å². The van der Waals surface area contributed by atoms with Gasteiger partial charge in [0.1, 0.15) is 6.26 Å². The van der Waals surface area contributed by atoms with Crippen LogP contribution in [-0.4, -0.2) is 24.3 Å². The molecule has 0 spiro atoms. The summed E-state index contributed by atoms with van der Waals surface area (Å²) in [4.78, 5) is 12.5. The minimum Gasteiger partial charge on any atom is -0.363 e. The van der Waals surface area contributed by atoms with Gasteiger partial charge in [0.2, 0.25) is 0 Å². The Kier molecular flexibility index (Phi) is 1.28. The molecule has 58 valence electrons. The molecule has 0 aromatic carbocycles. The average Bonchev–Trinajstić information content (AvgIpc) is 2.55. The lowest BCUT2D eigenvalue weighted by Gasteiger charge is -2.07. The van der Waals surface area contributed by atoms with Gasteiger partial charge in [-0.3, -0.25) is 4.90 Å². The molecule has 0 aliphatic carbocycles. The molecular formula is C6H7N3O2. The van der Waals surface area contributed by atoms with Crippen LogP contribution in [0.25, 0.3) is 0 Å². The number of urea groups is 1. The zero-order valence-electron chi connectivity index (χ0n) is 5.78. The van der Waals surface area contributed by atoms with Crippen LogP contribution in [0.2, 0.25) is 0 Å². The van der Waals surface area contributed by atoms with Crippen molar-refractivity contribution in [2.75, 3.05) is 18.0 Å². The summed E-state index contributed by atoms with van der Waals surface area (Å²) in [7, 11) is 0. The number of hydrogen-bond donors (Lipinski definition) is 1. The maximum atomic E-state index is 11.0. The molecule has 11 heavy (non-hydrogen) atoms. The molecule has 2 heterocycles. The molecule has 1 aliphatic heterocycles. The second-order valence-corrected chi connectivity index (χ2v) is 2.24. The van der Waals surface area contributed by atoms with Crippen molar-refractivity contribution in [2.24, 2.45) is 0 Å². The van der Waals surface area contributed by atoms with Crippen LogP contribution in [0.4, 0.5) is 10.6 Å². The fraction of sp³-hybridized carbons (Fsp3) is 0.333. The Bertz CT molecular complexity index is 257. The second kappa shape index (κ2) is 2.26.